The van der Waals surface area contributed by atoms with Crippen molar-refractivity contribution < 1.29 is 17.6 Å². The number of nitrogens with zero attached hydrogens (tertiary/aromatic N) is 2. The number of nitrogens with one attached hydrogen (secondary N) is 1. The smallest absolute Gasteiger partial charge is 0.276 e. The maximum atomic E-state index is 12.5. The number of unbranched alkanes of at least 4 members (excludes halogenated alkanes) is 1. The molecule has 1 amide bonds. The van der Waals surface area contributed by atoms with Crippen molar-refractivity contribution in [3.8, 4) is 0 Å². The van der Waals surface area contributed by atoms with Crippen LogP contribution in [0.25, 0.3) is 0 Å². The molecule has 7 nitrogen and oxygen atoms in total. The van der Waals surface area contributed by atoms with Crippen LogP contribution in [0.4, 0.5) is 0 Å². The van der Waals surface area contributed by atoms with Gasteiger partial charge in [-0.2, -0.15) is 0 Å². The summed E-state index contributed by atoms with van der Waals surface area (Å²) < 4.78 is 31.5. The van der Waals surface area contributed by atoms with Crippen molar-refractivity contribution in [1.82, 2.24) is 14.6 Å². The molecule has 0 saturated carbocycles. The van der Waals surface area contributed by atoms with Crippen LogP contribution in [-0.2, 0) is 16.6 Å². The second-order valence-electron chi connectivity index (χ2n) is 6.48. The zero-order valence-corrected chi connectivity index (χ0v) is 15.5. The van der Waals surface area contributed by atoms with Crippen molar-refractivity contribution in [1.29, 1.82) is 0 Å². The van der Waals surface area contributed by atoms with E-state index in [0.29, 0.717) is 18.1 Å². The Hall–Kier alpha value is -1.41. The van der Waals surface area contributed by atoms with Crippen LogP contribution in [0.2, 0.25) is 0 Å². The second kappa shape index (κ2) is 8.11. The van der Waals surface area contributed by atoms with Crippen LogP contribution in [0.3, 0.4) is 0 Å². The van der Waals surface area contributed by atoms with Gasteiger partial charge in [0, 0.05) is 13.1 Å². The van der Waals surface area contributed by atoms with Crippen LogP contribution in [0.1, 0.15) is 61.7 Å². The fourth-order valence-corrected chi connectivity index (χ4v) is 3.82. The molecule has 2 rings (SSSR count). The van der Waals surface area contributed by atoms with E-state index in [1.807, 2.05) is 6.92 Å². The first-order valence-electron chi connectivity index (χ1n) is 8.55. The van der Waals surface area contributed by atoms with Gasteiger partial charge in [0.2, 0.25) is 15.9 Å². The maximum Gasteiger partial charge on any atom is 0.276 e. The predicted molar refractivity (Wildman–Crippen MR) is 91.1 cm³/mol. The van der Waals surface area contributed by atoms with Crippen LogP contribution in [0.5, 0.6) is 0 Å². The Labute approximate surface area is 143 Å². The molecule has 1 aliphatic rings. The molecule has 0 spiro atoms. The maximum absolute atomic E-state index is 12.5. The van der Waals surface area contributed by atoms with Gasteiger partial charge in [0.25, 0.3) is 5.91 Å². The molecular formula is C16H27N3O4S. The number of aromatic nitrogens is 1. The summed E-state index contributed by atoms with van der Waals surface area (Å²) in [5, 5.41) is 0. The molecule has 1 aromatic rings. The number of hydrogen-bond donors (Lipinski definition) is 1. The summed E-state index contributed by atoms with van der Waals surface area (Å²) in [5.74, 6) is 1.24. The summed E-state index contributed by atoms with van der Waals surface area (Å²) in [5.41, 5.74) is 0.285. The summed E-state index contributed by atoms with van der Waals surface area (Å²) >= 11 is 0. The molecule has 8 heteroatoms. The summed E-state index contributed by atoms with van der Waals surface area (Å²) in [7, 11) is -3.34. The second-order valence-corrected chi connectivity index (χ2v) is 8.41. The minimum Gasteiger partial charge on any atom is -0.444 e. The quantitative estimate of drug-likeness (QED) is 0.806. The van der Waals surface area contributed by atoms with Gasteiger partial charge in [-0.15, -0.1) is 0 Å². The van der Waals surface area contributed by atoms with Gasteiger partial charge in [0.15, 0.2) is 5.69 Å². The zero-order chi connectivity index (χ0) is 17.7. The summed E-state index contributed by atoms with van der Waals surface area (Å²) in [6, 6.07) is 0. The Morgan fingerprint density at radius 2 is 2.04 bits per heavy atom. The number of aryl methyl sites for hydroxylation is 1. The lowest BCUT2D eigenvalue weighted by Gasteiger charge is -2.29. The monoisotopic (exact) mass is 357 g/mol. The molecule has 2 heterocycles. The average Bonchev–Trinajstić information content (AvgIpc) is 2.92. The Morgan fingerprint density at radius 3 is 2.67 bits per heavy atom. The van der Waals surface area contributed by atoms with Gasteiger partial charge in [-0.3, -0.25) is 4.79 Å². The molecule has 0 aliphatic carbocycles. The molecule has 24 heavy (non-hydrogen) atoms. The van der Waals surface area contributed by atoms with Gasteiger partial charge in [-0.25, -0.2) is 18.1 Å². The molecule has 136 valence electrons. The van der Waals surface area contributed by atoms with Gasteiger partial charge in [0.1, 0.15) is 5.76 Å². The zero-order valence-electron chi connectivity index (χ0n) is 14.7. The first kappa shape index (κ1) is 18.9. The van der Waals surface area contributed by atoms with Gasteiger partial charge >= 0.3 is 0 Å². The van der Waals surface area contributed by atoms with E-state index >= 15 is 0 Å². The lowest BCUT2D eigenvalue weighted by atomic mass is 9.99. The van der Waals surface area contributed by atoms with E-state index in [2.05, 4.69) is 16.6 Å². The molecule has 0 atom stereocenters. The third-order valence-electron chi connectivity index (χ3n) is 4.32. The molecule has 1 N–H and O–H groups in total. The van der Waals surface area contributed by atoms with Crippen LogP contribution >= 0.6 is 0 Å². The third kappa shape index (κ3) is 5.04. The Kier molecular flexibility index (Phi) is 6.40. The lowest BCUT2D eigenvalue weighted by molar-refractivity contribution is 0.0690. The number of carbonyl (C=O) groups excluding carboxylic acids is 1. The molecule has 1 aromatic heterocycles. The standard InChI is InChI=1S/C16H27N3O4S/c1-4-5-10-24(21,22)17-11-14-18-15(13(3)23-14)16(20)19-8-6-12(2)7-9-19/h12,17H,4-11H2,1-3H3. The average molecular weight is 357 g/mol. The highest BCUT2D eigenvalue weighted by atomic mass is 32.2. The van der Waals surface area contributed by atoms with E-state index in [4.69, 9.17) is 4.42 Å². The highest BCUT2D eigenvalue weighted by Gasteiger charge is 2.26. The van der Waals surface area contributed by atoms with E-state index in [0.717, 1.165) is 32.4 Å². The number of carbonyl (C=O) groups is 1. The molecule has 0 radical (unpaired) electrons. The minimum absolute atomic E-state index is 0.0306. The third-order valence-corrected chi connectivity index (χ3v) is 5.73. The first-order chi connectivity index (χ1) is 11.3. The fourth-order valence-electron chi connectivity index (χ4n) is 2.66. The Balaban J connectivity index is 1.98. The van der Waals surface area contributed by atoms with Crippen LogP contribution in [0, 0.1) is 12.8 Å². The van der Waals surface area contributed by atoms with Gasteiger partial charge < -0.3 is 9.32 Å². The van der Waals surface area contributed by atoms with Gasteiger partial charge in [-0.1, -0.05) is 20.3 Å². The molecule has 0 bridgehead atoms. The first-order valence-corrected chi connectivity index (χ1v) is 10.2. The number of likely N-dealkylation sites (tertiary alicyclic amines) is 1. The molecular weight excluding hydrogens is 330 g/mol. The highest BCUT2D eigenvalue weighted by Crippen LogP contribution is 2.19. The number of oxazole rings is 1. The number of hydrogen-bond acceptors (Lipinski definition) is 5. The van der Waals surface area contributed by atoms with E-state index in [1.54, 1.807) is 11.8 Å². The van der Waals surface area contributed by atoms with Gasteiger partial charge in [-0.05, 0) is 32.1 Å². The largest absolute Gasteiger partial charge is 0.444 e. The highest BCUT2D eigenvalue weighted by molar-refractivity contribution is 7.89. The predicted octanol–water partition coefficient (Wildman–Crippen LogP) is 2.07. The van der Waals surface area contributed by atoms with Crippen molar-refractivity contribution in [3.63, 3.8) is 0 Å². The molecule has 1 aliphatic heterocycles. The van der Waals surface area contributed by atoms with Crippen LogP contribution < -0.4 is 4.72 Å². The number of rotatable bonds is 7. The topological polar surface area (TPSA) is 92.5 Å². The van der Waals surface area contributed by atoms with E-state index in [-0.39, 0.29) is 29.8 Å². The van der Waals surface area contributed by atoms with Crippen molar-refractivity contribution in [2.24, 2.45) is 5.92 Å². The van der Waals surface area contributed by atoms with Crippen molar-refractivity contribution in [2.75, 3.05) is 18.8 Å². The van der Waals surface area contributed by atoms with E-state index in [9.17, 15) is 13.2 Å². The van der Waals surface area contributed by atoms with Crippen LogP contribution in [-0.4, -0.2) is 43.1 Å². The van der Waals surface area contributed by atoms with Crippen molar-refractivity contribution in [3.05, 3.63) is 17.3 Å². The number of amides is 1. The van der Waals surface area contributed by atoms with E-state index in [1.165, 1.54) is 0 Å². The molecule has 1 fully saturated rings. The van der Waals surface area contributed by atoms with Crippen molar-refractivity contribution in [2.45, 2.75) is 53.0 Å². The summed E-state index contributed by atoms with van der Waals surface area (Å²) in [6.45, 7) is 7.23. The SMILES string of the molecule is CCCCS(=O)(=O)NCc1nc(C(=O)N2CCC(C)CC2)c(C)o1. The normalized spacial score (nSPS) is 16.5. The summed E-state index contributed by atoms with van der Waals surface area (Å²) in [6.07, 6.45) is 3.41. The van der Waals surface area contributed by atoms with Crippen molar-refractivity contribution >= 4 is 15.9 Å². The molecule has 1 saturated heterocycles. The van der Waals surface area contributed by atoms with Gasteiger partial charge in [0.05, 0.1) is 12.3 Å². The molecule has 0 aromatic carbocycles. The Bertz CT molecular complexity index is 661. The fraction of sp³-hybridized carbons (Fsp3) is 0.750. The van der Waals surface area contributed by atoms with Crippen LogP contribution in [0.15, 0.2) is 4.42 Å². The number of sulfonamides is 1. The Morgan fingerprint density at radius 1 is 1.38 bits per heavy atom. The number of piperidine rings is 1. The summed E-state index contributed by atoms with van der Waals surface area (Å²) in [4.78, 5) is 18.5. The van der Waals surface area contributed by atoms with E-state index < -0.39 is 10.0 Å². The molecule has 0 unspecified atom stereocenters. The lowest BCUT2D eigenvalue weighted by Crippen LogP contribution is -2.38. The minimum atomic E-state index is -3.34.